The van der Waals surface area contributed by atoms with Crippen molar-refractivity contribution in [2.45, 2.75) is 6.61 Å². The fourth-order valence-electron chi connectivity index (χ4n) is 2.36. The van der Waals surface area contributed by atoms with Gasteiger partial charge < -0.3 is 15.2 Å². The van der Waals surface area contributed by atoms with E-state index >= 15 is 0 Å². The van der Waals surface area contributed by atoms with Gasteiger partial charge in [0.25, 0.3) is 5.91 Å². The third kappa shape index (κ3) is 3.94. The summed E-state index contributed by atoms with van der Waals surface area (Å²) >= 11 is 0. The van der Waals surface area contributed by atoms with Gasteiger partial charge in [-0.25, -0.2) is 14.4 Å². The van der Waals surface area contributed by atoms with Gasteiger partial charge in [0.1, 0.15) is 23.9 Å². The lowest BCUT2D eigenvalue weighted by molar-refractivity contribution is 0.0995. The Bertz CT molecular complexity index is 930. The van der Waals surface area contributed by atoms with Crippen molar-refractivity contribution in [2.24, 2.45) is 5.73 Å². The van der Waals surface area contributed by atoms with Gasteiger partial charge in [-0.2, -0.15) is 0 Å². The first kappa shape index (κ1) is 17.3. The summed E-state index contributed by atoms with van der Waals surface area (Å²) in [5, 5.41) is 0. The van der Waals surface area contributed by atoms with Gasteiger partial charge in [0.05, 0.1) is 13.3 Å². The quantitative estimate of drug-likeness (QED) is 0.736. The summed E-state index contributed by atoms with van der Waals surface area (Å²) in [6, 6.07) is 10.9. The van der Waals surface area contributed by atoms with Crippen molar-refractivity contribution in [3.05, 3.63) is 71.9 Å². The van der Waals surface area contributed by atoms with Gasteiger partial charge in [0.15, 0.2) is 0 Å². The van der Waals surface area contributed by atoms with E-state index in [2.05, 4.69) is 9.97 Å². The predicted octanol–water partition coefficient (Wildman–Crippen LogP) is 2.97. The van der Waals surface area contributed by atoms with Gasteiger partial charge in [-0.15, -0.1) is 0 Å². The number of pyridine rings is 2. The molecule has 0 aliphatic rings. The summed E-state index contributed by atoms with van der Waals surface area (Å²) in [5.41, 5.74) is 7.53. The van der Waals surface area contributed by atoms with Gasteiger partial charge in [-0.05, 0) is 35.4 Å². The van der Waals surface area contributed by atoms with Gasteiger partial charge in [0.2, 0.25) is 5.88 Å². The Morgan fingerprint density at radius 2 is 1.92 bits per heavy atom. The Balaban J connectivity index is 1.92. The fourth-order valence-corrected chi connectivity index (χ4v) is 2.36. The summed E-state index contributed by atoms with van der Waals surface area (Å²) < 4.78 is 24.2. The van der Waals surface area contributed by atoms with Crippen LogP contribution in [0.5, 0.6) is 11.6 Å². The van der Waals surface area contributed by atoms with Crippen LogP contribution in [0, 0.1) is 5.82 Å². The lowest BCUT2D eigenvalue weighted by atomic mass is 10.0. The minimum Gasteiger partial charge on any atom is -0.487 e. The average Bonchev–Trinajstić information content (AvgIpc) is 2.67. The number of primary amides is 1. The number of rotatable bonds is 6. The van der Waals surface area contributed by atoms with Crippen molar-refractivity contribution in [1.82, 2.24) is 9.97 Å². The molecule has 0 atom stereocenters. The van der Waals surface area contributed by atoms with Crippen molar-refractivity contribution in [2.75, 3.05) is 7.11 Å². The van der Waals surface area contributed by atoms with Gasteiger partial charge in [0, 0.05) is 17.8 Å². The number of hydrogen-bond acceptors (Lipinski definition) is 5. The molecule has 0 spiro atoms. The van der Waals surface area contributed by atoms with Crippen LogP contribution in [0.3, 0.4) is 0 Å². The highest BCUT2D eigenvalue weighted by Gasteiger charge is 2.12. The van der Waals surface area contributed by atoms with Crippen LogP contribution in [-0.2, 0) is 6.61 Å². The van der Waals surface area contributed by atoms with Crippen LogP contribution in [0.2, 0.25) is 0 Å². The van der Waals surface area contributed by atoms with E-state index in [0.717, 1.165) is 5.56 Å². The molecule has 0 saturated carbocycles. The highest BCUT2D eigenvalue weighted by molar-refractivity contribution is 5.92. The molecule has 0 aliphatic heterocycles. The summed E-state index contributed by atoms with van der Waals surface area (Å²) in [6.07, 6.45) is 3.05. The maximum absolute atomic E-state index is 13.2. The van der Waals surface area contributed by atoms with Crippen molar-refractivity contribution < 1.29 is 18.7 Å². The minimum absolute atomic E-state index is 0.0993. The van der Waals surface area contributed by atoms with E-state index in [-0.39, 0.29) is 18.1 Å². The zero-order valence-electron chi connectivity index (χ0n) is 14.0. The third-order valence-corrected chi connectivity index (χ3v) is 3.68. The second-order valence-corrected chi connectivity index (χ2v) is 5.43. The number of nitrogens with two attached hydrogens (primary N) is 1. The first-order valence-electron chi connectivity index (χ1n) is 7.74. The lowest BCUT2D eigenvalue weighted by Gasteiger charge is -2.13. The Hall–Kier alpha value is -3.48. The maximum atomic E-state index is 13.2. The van der Waals surface area contributed by atoms with E-state index < -0.39 is 5.91 Å². The molecule has 0 aliphatic carbocycles. The molecule has 7 heteroatoms. The van der Waals surface area contributed by atoms with Crippen LogP contribution in [0.4, 0.5) is 4.39 Å². The first-order valence-corrected chi connectivity index (χ1v) is 7.74. The topological polar surface area (TPSA) is 87.3 Å². The number of ether oxygens (including phenoxy) is 2. The number of hydrogen-bond donors (Lipinski definition) is 1. The molecule has 2 aromatic heterocycles. The number of carbonyl (C=O) groups is 1. The average molecular weight is 353 g/mol. The molecular formula is C19H16FN3O3. The van der Waals surface area contributed by atoms with Crippen LogP contribution in [0.15, 0.2) is 54.9 Å². The zero-order valence-corrected chi connectivity index (χ0v) is 14.0. The molecule has 1 aromatic carbocycles. The van der Waals surface area contributed by atoms with Gasteiger partial charge in [-0.3, -0.25) is 4.79 Å². The van der Waals surface area contributed by atoms with Gasteiger partial charge in [-0.1, -0.05) is 12.1 Å². The van der Waals surface area contributed by atoms with E-state index in [1.54, 1.807) is 30.5 Å². The van der Waals surface area contributed by atoms with Crippen molar-refractivity contribution in [1.29, 1.82) is 0 Å². The molecule has 26 heavy (non-hydrogen) atoms. The SMILES string of the molecule is COc1cc(COc2cnc(C(N)=O)cc2-c2ccc(F)cc2)ccn1. The third-order valence-electron chi connectivity index (χ3n) is 3.68. The van der Waals surface area contributed by atoms with Gasteiger partial charge >= 0.3 is 0 Å². The second-order valence-electron chi connectivity index (χ2n) is 5.43. The molecule has 1 amide bonds. The number of carbonyl (C=O) groups excluding carboxylic acids is 1. The molecule has 0 fully saturated rings. The van der Waals surface area contributed by atoms with E-state index in [1.165, 1.54) is 31.5 Å². The number of benzene rings is 1. The maximum Gasteiger partial charge on any atom is 0.267 e. The largest absolute Gasteiger partial charge is 0.487 e. The molecule has 0 bridgehead atoms. The Morgan fingerprint density at radius 1 is 1.15 bits per heavy atom. The molecule has 0 unspecified atom stereocenters. The predicted molar refractivity (Wildman–Crippen MR) is 93.3 cm³/mol. The smallest absolute Gasteiger partial charge is 0.267 e. The number of aromatic nitrogens is 2. The van der Waals surface area contributed by atoms with E-state index in [4.69, 9.17) is 15.2 Å². The molecule has 6 nitrogen and oxygen atoms in total. The van der Waals surface area contributed by atoms with E-state index in [9.17, 15) is 9.18 Å². The number of halogens is 1. The standard InChI is InChI=1S/C19H16FN3O3/c1-25-18-8-12(6-7-22-18)11-26-17-10-23-16(19(21)24)9-15(17)13-2-4-14(20)5-3-13/h2-10H,11H2,1H3,(H2,21,24). The summed E-state index contributed by atoms with van der Waals surface area (Å²) in [5.74, 6) is -0.0903. The van der Waals surface area contributed by atoms with Crippen molar-refractivity contribution >= 4 is 5.91 Å². The Kier molecular flexibility index (Phi) is 5.07. The zero-order chi connectivity index (χ0) is 18.5. The van der Waals surface area contributed by atoms with Crippen molar-refractivity contribution in [3.8, 4) is 22.8 Å². The molecule has 0 radical (unpaired) electrons. The normalized spacial score (nSPS) is 10.4. The fraction of sp³-hybridized carbons (Fsp3) is 0.105. The van der Waals surface area contributed by atoms with Crippen molar-refractivity contribution in [3.63, 3.8) is 0 Å². The lowest BCUT2D eigenvalue weighted by Crippen LogP contribution is -2.13. The number of amides is 1. The summed E-state index contributed by atoms with van der Waals surface area (Å²) in [7, 11) is 1.53. The number of nitrogens with zero attached hydrogens (tertiary/aromatic N) is 2. The van der Waals surface area contributed by atoms with Crippen LogP contribution in [-0.4, -0.2) is 23.0 Å². The van der Waals surface area contributed by atoms with E-state index in [0.29, 0.717) is 22.8 Å². The molecular weight excluding hydrogens is 337 g/mol. The molecule has 2 heterocycles. The monoisotopic (exact) mass is 353 g/mol. The Labute approximate surface area is 149 Å². The molecule has 132 valence electrons. The van der Waals surface area contributed by atoms with E-state index in [1.807, 2.05) is 0 Å². The molecule has 0 saturated heterocycles. The van der Waals surface area contributed by atoms with Crippen LogP contribution in [0.1, 0.15) is 16.1 Å². The van der Waals surface area contributed by atoms with Crippen LogP contribution < -0.4 is 15.2 Å². The Morgan fingerprint density at radius 3 is 2.62 bits per heavy atom. The second kappa shape index (κ2) is 7.60. The van der Waals surface area contributed by atoms with Crippen LogP contribution in [0.25, 0.3) is 11.1 Å². The summed E-state index contributed by atoms with van der Waals surface area (Å²) in [6.45, 7) is 0.241. The highest BCUT2D eigenvalue weighted by Crippen LogP contribution is 2.31. The molecule has 3 aromatic rings. The first-order chi connectivity index (χ1) is 12.6. The molecule has 2 N–H and O–H groups in total. The number of methoxy groups -OCH3 is 1. The summed E-state index contributed by atoms with van der Waals surface area (Å²) in [4.78, 5) is 19.5. The molecule has 3 rings (SSSR count). The highest BCUT2D eigenvalue weighted by atomic mass is 19.1. The van der Waals surface area contributed by atoms with Crippen LogP contribution >= 0.6 is 0 Å². The minimum atomic E-state index is -0.654.